The van der Waals surface area contributed by atoms with Crippen molar-refractivity contribution in [2.45, 2.75) is 103 Å². The van der Waals surface area contributed by atoms with Gasteiger partial charge in [0.05, 0.1) is 41.6 Å². The van der Waals surface area contributed by atoms with Crippen molar-refractivity contribution in [3.63, 3.8) is 0 Å². The van der Waals surface area contributed by atoms with E-state index in [9.17, 15) is 41.6 Å². The number of nitrogens with two attached hydrogens (primary N) is 1. The van der Waals surface area contributed by atoms with Crippen LogP contribution in [0, 0.1) is 11.3 Å². The summed E-state index contributed by atoms with van der Waals surface area (Å²) in [6, 6.07) is 15.5. The number of halogens is 5. The molecule has 21 heteroatoms. The maximum absolute atomic E-state index is 14.7. The van der Waals surface area contributed by atoms with Gasteiger partial charge in [-0.2, -0.15) is 23.5 Å². The van der Waals surface area contributed by atoms with E-state index in [1.807, 2.05) is 34.1 Å². The Morgan fingerprint density at radius 1 is 0.959 bits per heavy atom. The van der Waals surface area contributed by atoms with Gasteiger partial charge in [-0.05, 0) is 130 Å². The number of amides is 3. The number of aromatic nitrogens is 2. The Morgan fingerprint density at radius 2 is 1.65 bits per heavy atom. The molecule has 3 saturated heterocycles. The molecule has 390 valence electrons. The van der Waals surface area contributed by atoms with E-state index in [0.717, 1.165) is 46.0 Å². The predicted molar refractivity (Wildman–Crippen MR) is 276 cm³/mol. The van der Waals surface area contributed by atoms with E-state index >= 15 is 0 Å². The Bertz CT molecular complexity index is 2950. The summed E-state index contributed by atoms with van der Waals surface area (Å²) in [5, 5.41) is 14.5. The van der Waals surface area contributed by atoms with E-state index < -0.39 is 35.2 Å². The number of anilines is 5. The molecule has 6 heterocycles. The van der Waals surface area contributed by atoms with Crippen LogP contribution in [-0.2, 0) is 44.7 Å². The highest BCUT2D eigenvalue weighted by Crippen LogP contribution is 2.44. The topological polar surface area (TPSA) is 160 Å². The van der Waals surface area contributed by atoms with Gasteiger partial charge in [0, 0.05) is 112 Å². The molecule has 9 rings (SSSR count). The molecule has 3 aromatic carbocycles. The first-order valence-corrected chi connectivity index (χ1v) is 25.2. The van der Waals surface area contributed by atoms with Gasteiger partial charge in [-0.3, -0.25) is 29.0 Å². The van der Waals surface area contributed by atoms with E-state index in [2.05, 4.69) is 14.6 Å². The molecule has 0 atom stereocenters. The van der Waals surface area contributed by atoms with Crippen molar-refractivity contribution in [3.8, 4) is 6.07 Å². The van der Waals surface area contributed by atoms with Crippen LogP contribution in [0.15, 0.2) is 65.8 Å². The summed E-state index contributed by atoms with van der Waals surface area (Å²) in [5.74, 6) is 0.0227. The second-order valence-corrected chi connectivity index (χ2v) is 20.2. The molecule has 5 aliphatic rings. The number of hydrogen-bond acceptors (Lipinski definition) is 11. The fourth-order valence-corrected chi connectivity index (χ4v) is 11.6. The number of ether oxygens (including phenoxy) is 1. The van der Waals surface area contributed by atoms with Gasteiger partial charge in [0.1, 0.15) is 12.1 Å². The van der Waals surface area contributed by atoms with Crippen molar-refractivity contribution >= 4 is 75.4 Å². The number of carbonyl (C=O) groups is 3. The van der Waals surface area contributed by atoms with E-state index in [4.69, 9.17) is 27.8 Å². The number of thiocarbonyl (C=S) groups is 1. The number of fused-ring (bicyclic) bond motifs is 2. The number of hydrogen-bond donors (Lipinski definition) is 1. The Kier molecular flexibility index (Phi) is 14.6. The second kappa shape index (κ2) is 20.8. The van der Waals surface area contributed by atoms with Crippen LogP contribution in [0.1, 0.15) is 104 Å². The first-order valence-electron chi connectivity index (χ1n) is 24.8. The number of nitrogens with zero attached hydrogens (tertiary/aromatic N) is 10. The molecule has 4 aromatic rings. The van der Waals surface area contributed by atoms with Gasteiger partial charge < -0.3 is 35.0 Å². The van der Waals surface area contributed by atoms with Crippen LogP contribution in [-0.4, -0.2) is 113 Å². The molecule has 15 nitrogen and oxygen atoms in total. The molecule has 1 aromatic heterocycles. The normalized spacial score (nSPS) is 19.0. The van der Waals surface area contributed by atoms with Gasteiger partial charge >= 0.3 is 6.18 Å². The van der Waals surface area contributed by atoms with Crippen LogP contribution in [0.5, 0.6) is 0 Å². The number of allylic oxidation sites excluding steroid dienone is 1. The molecule has 0 bridgehead atoms. The lowest BCUT2D eigenvalue weighted by molar-refractivity contribution is -0.140. The average molecular weight is 1040 g/mol. The van der Waals surface area contributed by atoms with Crippen LogP contribution in [0.25, 0.3) is 5.57 Å². The van der Waals surface area contributed by atoms with Crippen molar-refractivity contribution in [2.75, 3.05) is 72.5 Å². The fraction of sp³-hybridized carbons (Fsp3) is 0.453. The highest BCUT2D eigenvalue weighted by molar-refractivity contribution is 7.81. The lowest BCUT2D eigenvalue weighted by Gasteiger charge is -2.35. The lowest BCUT2D eigenvalue weighted by atomic mass is 9.92. The highest BCUT2D eigenvalue weighted by atomic mass is 32.1. The molecule has 3 amide bonds. The number of alkyl halides is 5. The fourth-order valence-electron chi connectivity index (χ4n) is 11.0. The maximum Gasteiger partial charge on any atom is 0.417 e. The average Bonchev–Trinajstić information content (AvgIpc) is 3.85. The minimum absolute atomic E-state index is 0.0147. The second-order valence-electron chi connectivity index (χ2n) is 19.8. The summed E-state index contributed by atoms with van der Waals surface area (Å²) in [4.78, 5) is 54.6. The number of aryl methyl sites for hydroxylation is 1. The van der Waals surface area contributed by atoms with Gasteiger partial charge in [-0.25, -0.2) is 8.78 Å². The molecule has 0 radical (unpaired) electrons. The maximum atomic E-state index is 14.7. The third kappa shape index (κ3) is 9.81. The Balaban J connectivity index is 0.809. The third-order valence-electron chi connectivity index (χ3n) is 15.0. The van der Waals surface area contributed by atoms with E-state index in [-0.39, 0.29) is 46.9 Å². The SMILES string of the molecule is CN=C/C(=C\N)c1cc2c(cc1C(F)F)N(c1nn(C3CCN(C(=O)COC4CCN(c5ccc(N6C(=S)N(c7ccc(C#N)c(C(F)(F)F)c7)C(=O)C6(C)C)cc5)CC4)CC3)c3c1CN(C(C)=O)CC3)CCC2. The number of benzene rings is 3. The Hall–Kier alpha value is -6.92. The first-order chi connectivity index (χ1) is 35.3. The summed E-state index contributed by atoms with van der Waals surface area (Å²) in [6.07, 6.45) is -0.176. The minimum Gasteiger partial charge on any atom is -0.404 e. The van der Waals surface area contributed by atoms with Crippen molar-refractivity contribution < 1.29 is 41.1 Å². The van der Waals surface area contributed by atoms with Gasteiger partial charge in [-0.1, -0.05) is 0 Å². The first kappa shape index (κ1) is 52.0. The Morgan fingerprint density at radius 3 is 2.28 bits per heavy atom. The molecule has 2 N–H and O–H groups in total. The number of nitriles is 1. The number of rotatable bonds is 11. The largest absolute Gasteiger partial charge is 0.417 e. The number of aliphatic imine (C=N–C) groups is 1. The van der Waals surface area contributed by atoms with Gasteiger partial charge in [0.25, 0.3) is 12.3 Å². The summed E-state index contributed by atoms with van der Waals surface area (Å²) in [7, 11) is 1.57. The summed E-state index contributed by atoms with van der Waals surface area (Å²) in [6.45, 7) is 8.63. The lowest BCUT2D eigenvalue weighted by Crippen LogP contribution is -2.44. The molecule has 0 saturated carbocycles. The van der Waals surface area contributed by atoms with Crippen molar-refractivity contribution in [1.82, 2.24) is 19.6 Å². The van der Waals surface area contributed by atoms with Gasteiger partial charge in [0.2, 0.25) is 11.8 Å². The highest BCUT2D eigenvalue weighted by Gasteiger charge is 2.51. The summed E-state index contributed by atoms with van der Waals surface area (Å²) >= 11 is 5.71. The molecular formula is C53H58F5N11O4S. The molecule has 74 heavy (non-hydrogen) atoms. The van der Waals surface area contributed by atoms with Crippen LogP contribution in [0.4, 0.5) is 50.5 Å². The molecule has 0 spiro atoms. The van der Waals surface area contributed by atoms with Crippen molar-refractivity contribution in [2.24, 2.45) is 10.7 Å². The quantitative estimate of drug-likeness (QED) is 0.0873. The molecular weight excluding hydrogens is 982 g/mol. The summed E-state index contributed by atoms with van der Waals surface area (Å²) < 4.78 is 79.2. The van der Waals surface area contributed by atoms with Gasteiger partial charge in [-0.15, -0.1) is 0 Å². The number of likely N-dealkylation sites (tertiary alicyclic amines) is 1. The molecule has 0 unspecified atom stereocenters. The molecule has 3 fully saturated rings. The predicted octanol–water partition coefficient (Wildman–Crippen LogP) is 8.47. The summed E-state index contributed by atoms with van der Waals surface area (Å²) in [5.41, 5.74) is 8.49. The monoisotopic (exact) mass is 1040 g/mol. The zero-order valence-electron chi connectivity index (χ0n) is 41.7. The van der Waals surface area contributed by atoms with Crippen LogP contribution in [0.2, 0.25) is 0 Å². The minimum atomic E-state index is -4.81. The van der Waals surface area contributed by atoms with E-state index in [1.54, 1.807) is 55.8 Å². The third-order valence-corrected chi connectivity index (χ3v) is 15.4. The van der Waals surface area contributed by atoms with Crippen molar-refractivity contribution in [3.05, 3.63) is 99.9 Å². The standard InChI is InChI=1S/C53H58F5N11O4S/c1-32(70)65-23-17-45-43(30-65)49(66-18-5-6-33-24-41(35(28-60)29-61-4)42(48(54)55)26-46(33)66)62-69(45)38-13-19-64(20-14-38)47(71)31-73-40-15-21-63(22-16-40)36-9-11-37(12-10-36)68-51(74)67(50(72)52(68,2)3)39-8-7-34(27-59)44(25-39)53(56,57)58/h7-12,24-26,28-29,38,40,48H,5-6,13-23,30-31,60H2,1-4H3/b35-28+,61-29?. The smallest absolute Gasteiger partial charge is 0.404 e. The zero-order chi connectivity index (χ0) is 52.8. The van der Waals surface area contributed by atoms with Gasteiger partial charge in [0.15, 0.2) is 10.9 Å². The Labute approximate surface area is 431 Å². The van der Waals surface area contributed by atoms with Crippen LogP contribution in [0.3, 0.4) is 0 Å². The van der Waals surface area contributed by atoms with Crippen molar-refractivity contribution in [1.29, 1.82) is 5.26 Å². The van der Waals surface area contributed by atoms with E-state index in [1.165, 1.54) is 18.5 Å². The van der Waals surface area contributed by atoms with Crippen LogP contribution >= 0.6 is 12.2 Å². The van der Waals surface area contributed by atoms with Crippen LogP contribution < -0.4 is 25.3 Å². The van der Waals surface area contributed by atoms with E-state index in [0.29, 0.717) is 113 Å². The molecule has 0 aliphatic carbocycles. The zero-order valence-corrected chi connectivity index (χ0v) is 42.5. The molecule has 5 aliphatic heterocycles. The number of carbonyl (C=O) groups excluding carboxylic acids is 3. The number of piperidine rings is 2.